The maximum atomic E-state index is 13.6. The molecule has 1 atom stereocenters. The van der Waals surface area contributed by atoms with Gasteiger partial charge in [0.1, 0.15) is 17.2 Å². The van der Waals surface area contributed by atoms with Crippen LogP contribution in [-0.4, -0.2) is 34.0 Å². The number of carbonyl (C=O) groups excluding carboxylic acids is 1. The summed E-state index contributed by atoms with van der Waals surface area (Å²) in [6, 6.07) is 9.17. The molecule has 0 saturated carbocycles. The molecule has 0 radical (unpaired) electrons. The minimum absolute atomic E-state index is 0.119. The van der Waals surface area contributed by atoms with Gasteiger partial charge in [-0.2, -0.15) is 0 Å². The first kappa shape index (κ1) is 24.7. The Morgan fingerprint density at radius 2 is 1.89 bits per heavy atom. The van der Waals surface area contributed by atoms with Crippen molar-refractivity contribution in [1.82, 2.24) is 4.57 Å². The summed E-state index contributed by atoms with van der Waals surface area (Å²) in [6.45, 7) is 6.03. The van der Waals surface area contributed by atoms with Crippen LogP contribution in [0, 0.1) is 0 Å². The Morgan fingerprint density at radius 1 is 1.17 bits per heavy atom. The fourth-order valence-electron chi connectivity index (χ4n) is 3.84. The van der Waals surface area contributed by atoms with Gasteiger partial charge in [-0.05, 0) is 66.5 Å². The summed E-state index contributed by atoms with van der Waals surface area (Å²) in [7, 11) is 0. The topological polar surface area (TPSA) is 110 Å². The van der Waals surface area contributed by atoms with Gasteiger partial charge in [0.05, 0.1) is 39.5 Å². The molecule has 10 heteroatoms. The molecule has 1 aliphatic heterocycles. The highest BCUT2D eigenvalue weighted by Crippen LogP contribution is 2.33. The first-order valence-corrected chi connectivity index (χ1v) is 12.5. The molecule has 0 bridgehead atoms. The smallest absolute Gasteiger partial charge is 0.338 e. The van der Waals surface area contributed by atoms with Crippen LogP contribution in [0.3, 0.4) is 0 Å². The predicted octanol–water partition coefficient (Wildman–Crippen LogP) is 3.37. The summed E-state index contributed by atoms with van der Waals surface area (Å²) in [6.07, 6.45) is 1.53. The molecular formula is C25H23BrN2O6S. The van der Waals surface area contributed by atoms with Crippen molar-refractivity contribution in [2.45, 2.75) is 26.8 Å². The number of aromatic hydroxyl groups is 2. The molecule has 1 unspecified atom stereocenters. The van der Waals surface area contributed by atoms with Crippen molar-refractivity contribution < 1.29 is 24.5 Å². The molecule has 35 heavy (non-hydrogen) atoms. The zero-order chi connectivity index (χ0) is 25.3. The first-order valence-electron chi connectivity index (χ1n) is 10.9. The molecule has 2 heterocycles. The Morgan fingerprint density at radius 3 is 2.54 bits per heavy atom. The van der Waals surface area contributed by atoms with Gasteiger partial charge in [-0.3, -0.25) is 9.36 Å². The Balaban J connectivity index is 1.93. The lowest BCUT2D eigenvalue weighted by Crippen LogP contribution is -2.39. The summed E-state index contributed by atoms with van der Waals surface area (Å²) in [4.78, 5) is 31.5. The van der Waals surface area contributed by atoms with Crippen LogP contribution in [-0.2, 0) is 9.53 Å². The molecule has 8 nitrogen and oxygen atoms in total. The molecule has 0 aliphatic carbocycles. The number of esters is 1. The van der Waals surface area contributed by atoms with E-state index >= 15 is 0 Å². The van der Waals surface area contributed by atoms with E-state index in [1.165, 1.54) is 22.8 Å². The first-order chi connectivity index (χ1) is 16.7. The fraction of sp³-hybridized carbons (Fsp3) is 0.240. The molecule has 2 N–H and O–H groups in total. The molecule has 0 amide bonds. The summed E-state index contributed by atoms with van der Waals surface area (Å²) >= 11 is 4.37. The summed E-state index contributed by atoms with van der Waals surface area (Å²) in [5.74, 6) is -0.160. The lowest BCUT2D eigenvalue weighted by molar-refractivity contribution is -0.139. The van der Waals surface area contributed by atoms with Gasteiger partial charge >= 0.3 is 5.97 Å². The molecule has 2 aromatic carbocycles. The number of phenols is 2. The number of hydrogen-bond acceptors (Lipinski definition) is 8. The molecular weight excluding hydrogens is 536 g/mol. The zero-order valence-electron chi connectivity index (χ0n) is 19.2. The van der Waals surface area contributed by atoms with E-state index in [4.69, 9.17) is 9.47 Å². The van der Waals surface area contributed by atoms with Gasteiger partial charge in [0.2, 0.25) is 0 Å². The molecule has 1 aromatic heterocycles. The number of phenolic OH excluding ortho intramolecular Hbond substituents is 2. The van der Waals surface area contributed by atoms with Gasteiger partial charge in [-0.15, -0.1) is 0 Å². The van der Waals surface area contributed by atoms with Gasteiger partial charge in [-0.25, -0.2) is 9.79 Å². The molecule has 0 saturated heterocycles. The number of halogens is 1. The lowest BCUT2D eigenvalue weighted by atomic mass is 9.96. The van der Waals surface area contributed by atoms with Crippen LogP contribution in [0.25, 0.3) is 6.08 Å². The maximum absolute atomic E-state index is 13.6. The summed E-state index contributed by atoms with van der Waals surface area (Å²) in [5, 5.41) is 20.1. The monoisotopic (exact) mass is 558 g/mol. The van der Waals surface area contributed by atoms with E-state index in [9.17, 15) is 19.8 Å². The molecule has 182 valence electrons. The van der Waals surface area contributed by atoms with E-state index < -0.39 is 12.0 Å². The fourth-order valence-corrected chi connectivity index (χ4v) is 5.24. The summed E-state index contributed by atoms with van der Waals surface area (Å²) < 4.78 is 13.0. The van der Waals surface area contributed by atoms with Crippen LogP contribution in [0.2, 0.25) is 0 Å². The standard InChI is InChI=1S/C25H23BrN2O6S/c1-4-33-16-8-6-14(7-9-16)22-21(24(32)34-5-2)13(3)27-25-28(22)23(31)20(35-25)11-15-10-17(26)19(30)12-18(15)29/h6-12,22,29-30H,4-5H2,1-3H3/b20-11+. The van der Waals surface area contributed by atoms with E-state index in [-0.39, 0.29) is 29.2 Å². The molecule has 0 spiro atoms. The number of fused-ring (bicyclic) bond motifs is 1. The van der Waals surface area contributed by atoms with E-state index in [0.717, 1.165) is 11.3 Å². The summed E-state index contributed by atoms with van der Waals surface area (Å²) in [5.41, 5.74) is 1.42. The van der Waals surface area contributed by atoms with Crippen molar-refractivity contribution in [3.8, 4) is 17.2 Å². The highest BCUT2D eigenvalue weighted by molar-refractivity contribution is 9.10. The SMILES string of the molecule is CCOC(=O)C1=C(C)N=c2s/c(=C/c3cc(Br)c(O)cc3O)c(=O)n2C1c1ccc(OCC)cc1. The number of thiazole rings is 1. The van der Waals surface area contributed by atoms with Crippen LogP contribution in [0.1, 0.15) is 37.9 Å². The third-order valence-electron chi connectivity index (χ3n) is 5.41. The largest absolute Gasteiger partial charge is 0.507 e. The van der Waals surface area contributed by atoms with Crippen molar-refractivity contribution in [2.24, 2.45) is 4.99 Å². The van der Waals surface area contributed by atoms with Crippen LogP contribution < -0.4 is 19.6 Å². The Labute approximate surface area is 213 Å². The van der Waals surface area contributed by atoms with E-state index in [2.05, 4.69) is 20.9 Å². The number of hydrogen-bond donors (Lipinski definition) is 2. The van der Waals surface area contributed by atoms with Gasteiger partial charge in [0.25, 0.3) is 5.56 Å². The van der Waals surface area contributed by atoms with Crippen LogP contribution in [0.5, 0.6) is 17.2 Å². The second kappa shape index (κ2) is 10.1. The van der Waals surface area contributed by atoms with E-state index in [0.29, 0.717) is 43.0 Å². The van der Waals surface area contributed by atoms with E-state index in [1.54, 1.807) is 26.0 Å². The van der Waals surface area contributed by atoms with Crippen molar-refractivity contribution in [3.63, 3.8) is 0 Å². The maximum Gasteiger partial charge on any atom is 0.338 e. The van der Waals surface area contributed by atoms with Crippen molar-refractivity contribution in [2.75, 3.05) is 13.2 Å². The van der Waals surface area contributed by atoms with Gasteiger partial charge in [-0.1, -0.05) is 23.5 Å². The average molecular weight is 559 g/mol. The minimum atomic E-state index is -0.747. The number of carbonyl (C=O) groups is 1. The minimum Gasteiger partial charge on any atom is -0.507 e. The lowest BCUT2D eigenvalue weighted by Gasteiger charge is -2.24. The van der Waals surface area contributed by atoms with Crippen LogP contribution in [0.4, 0.5) is 0 Å². The Hall–Kier alpha value is -3.37. The normalized spacial score (nSPS) is 15.5. The van der Waals surface area contributed by atoms with Gasteiger partial charge in [0, 0.05) is 11.6 Å². The predicted molar refractivity (Wildman–Crippen MR) is 135 cm³/mol. The highest BCUT2D eigenvalue weighted by Gasteiger charge is 2.33. The second-order valence-electron chi connectivity index (χ2n) is 7.67. The number of benzene rings is 2. The van der Waals surface area contributed by atoms with Gasteiger partial charge in [0.15, 0.2) is 4.80 Å². The number of allylic oxidation sites excluding steroid dienone is 1. The molecule has 0 fully saturated rings. The van der Waals surface area contributed by atoms with Crippen LogP contribution in [0.15, 0.2) is 61.9 Å². The third-order valence-corrected chi connectivity index (χ3v) is 7.02. The number of rotatable bonds is 6. The number of ether oxygens (including phenoxy) is 2. The van der Waals surface area contributed by atoms with Crippen molar-refractivity contribution in [3.05, 3.63) is 83.0 Å². The third kappa shape index (κ3) is 4.76. The Bertz CT molecular complexity index is 1500. The quantitative estimate of drug-likeness (QED) is 0.449. The average Bonchev–Trinajstić information content (AvgIpc) is 3.12. The molecule has 4 rings (SSSR count). The van der Waals surface area contributed by atoms with Crippen LogP contribution >= 0.6 is 27.3 Å². The zero-order valence-corrected chi connectivity index (χ0v) is 21.6. The Kier molecular flexibility index (Phi) is 7.13. The van der Waals surface area contributed by atoms with Crippen molar-refractivity contribution in [1.29, 1.82) is 0 Å². The van der Waals surface area contributed by atoms with E-state index in [1.807, 2.05) is 19.1 Å². The number of aromatic nitrogens is 1. The van der Waals surface area contributed by atoms with Crippen molar-refractivity contribution >= 4 is 39.3 Å². The second-order valence-corrected chi connectivity index (χ2v) is 9.53. The molecule has 1 aliphatic rings. The number of nitrogens with zero attached hydrogens (tertiary/aromatic N) is 2. The molecule has 3 aromatic rings. The highest BCUT2D eigenvalue weighted by atomic mass is 79.9. The van der Waals surface area contributed by atoms with Gasteiger partial charge < -0.3 is 19.7 Å².